The second-order valence-corrected chi connectivity index (χ2v) is 8.33. The maximum Gasteiger partial charge on any atom is 0.264 e. The second-order valence-electron chi connectivity index (χ2n) is 6.36. The molecule has 156 valence electrons. The minimum atomic E-state index is -3.83. The molecule has 0 saturated heterocycles. The van der Waals surface area contributed by atoms with Crippen molar-refractivity contribution in [2.75, 3.05) is 30.9 Å². The predicted octanol–water partition coefficient (Wildman–Crippen LogP) is 3.78. The lowest BCUT2D eigenvalue weighted by Crippen LogP contribution is -2.26. The Balaban J connectivity index is 1.87. The van der Waals surface area contributed by atoms with Crippen LogP contribution in [0, 0.1) is 0 Å². The van der Waals surface area contributed by atoms with E-state index >= 15 is 0 Å². The van der Waals surface area contributed by atoms with Crippen LogP contribution in [0.5, 0.6) is 11.5 Å². The van der Waals surface area contributed by atoms with Crippen molar-refractivity contribution in [1.82, 2.24) is 0 Å². The zero-order valence-electron chi connectivity index (χ0n) is 16.8. The monoisotopic (exact) mass is 426 g/mol. The van der Waals surface area contributed by atoms with Gasteiger partial charge in [0.1, 0.15) is 11.5 Å². The highest BCUT2D eigenvalue weighted by Crippen LogP contribution is 2.29. The number of anilines is 2. The first kappa shape index (κ1) is 21.2. The van der Waals surface area contributed by atoms with Crippen LogP contribution in [0.4, 0.5) is 11.4 Å². The maximum absolute atomic E-state index is 13.0. The smallest absolute Gasteiger partial charge is 0.264 e. The van der Waals surface area contributed by atoms with Gasteiger partial charge in [0.15, 0.2) is 0 Å². The minimum absolute atomic E-state index is 0.0169. The average Bonchev–Trinajstić information content (AvgIpc) is 2.79. The highest BCUT2D eigenvalue weighted by molar-refractivity contribution is 7.92. The summed E-state index contributed by atoms with van der Waals surface area (Å²) in [5.41, 5.74) is 1.17. The van der Waals surface area contributed by atoms with Gasteiger partial charge in [0.05, 0.1) is 30.5 Å². The lowest BCUT2D eigenvalue weighted by Gasteiger charge is -2.19. The Labute approximate surface area is 175 Å². The fraction of sp³-hybridized carbons (Fsp3) is 0.136. The van der Waals surface area contributed by atoms with Crippen LogP contribution in [-0.2, 0) is 10.0 Å². The number of carbonyl (C=O) groups excluding carboxylic acids is 1. The molecule has 1 N–H and O–H groups in total. The Morgan fingerprint density at radius 1 is 0.900 bits per heavy atom. The van der Waals surface area contributed by atoms with Crippen LogP contribution in [0.1, 0.15) is 10.4 Å². The Morgan fingerprint density at radius 3 is 2.30 bits per heavy atom. The molecule has 1 amide bonds. The zero-order valence-corrected chi connectivity index (χ0v) is 17.6. The summed E-state index contributed by atoms with van der Waals surface area (Å²) in [6.45, 7) is 0. The van der Waals surface area contributed by atoms with Crippen LogP contribution in [0.25, 0.3) is 0 Å². The van der Waals surface area contributed by atoms with Crippen LogP contribution in [0.15, 0.2) is 77.7 Å². The second kappa shape index (κ2) is 8.87. The number of amides is 1. The van der Waals surface area contributed by atoms with Gasteiger partial charge in [-0.2, -0.15) is 0 Å². The Bertz CT molecular complexity index is 1150. The third-order valence-corrected chi connectivity index (χ3v) is 6.31. The molecule has 0 saturated carbocycles. The van der Waals surface area contributed by atoms with Gasteiger partial charge in [-0.25, -0.2) is 8.42 Å². The van der Waals surface area contributed by atoms with Gasteiger partial charge in [-0.3, -0.25) is 9.10 Å². The number of hydrogen-bond donors (Lipinski definition) is 1. The Morgan fingerprint density at radius 2 is 1.63 bits per heavy atom. The number of benzene rings is 3. The quantitative estimate of drug-likeness (QED) is 0.621. The molecule has 0 aliphatic carbocycles. The molecular weight excluding hydrogens is 404 g/mol. The first-order valence-electron chi connectivity index (χ1n) is 9.04. The fourth-order valence-corrected chi connectivity index (χ4v) is 4.07. The highest BCUT2D eigenvalue weighted by Gasteiger charge is 2.22. The number of sulfonamides is 1. The number of methoxy groups -OCH3 is 2. The number of rotatable bonds is 7. The van der Waals surface area contributed by atoms with E-state index in [1.54, 1.807) is 48.5 Å². The molecule has 8 heteroatoms. The molecule has 0 aliphatic rings. The molecule has 0 fully saturated rings. The molecule has 0 atom stereocenters. The topological polar surface area (TPSA) is 84.9 Å². The van der Waals surface area contributed by atoms with Gasteiger partial charge in [-0.05, 0) is 42.5 Å². The summed E-state index contributed by atoms with van der Waals surface area (Å²) in [5.74, 6) is 0.551. The van der Waals surface area contributed by atoms with E-state index in [4.69, 9.17) is 9.47 Å². The molecule has 0 heterocycles. The molecule has 30 heavy (non-hydrogen) atoms. The van der Waals surface area contributed by atoms with Gasteiger partial charge >= 0.3 is 0 Å². The van der Waals surface area contributed by atoms with Crippen molar-refractivity contribution >= 4 is 27.3 Å². The number of carbonyl (C=O) groups is 1. The van der Waals surface area contributed by atoms with Gasteiger partial charge in [-0.15, -0.1) is 0 Å². The average molecular weight is 426 g/mol. The van der Waals surface area contributed by atoms with Crippen molar-refractivity contribution in [2.45, 2.75) is 4.90 Å². The number of nitrogens with zero attached hydrogens (tertiary/aromatic N) is 1. The standard InChI is InChI=1S/C22H22N2O5S/c1-24(17-9-5-4-6-10-17)30(26,27)19-11-7-8-16(14-19)22(25)23-20-13-12-18(28-2)15-21(20)29-3/h4-15H,1-3H3,(H,23,25). The largest absolute Gasteiger partial charge is 0.497 e. The SMILES string of the molecule is COc1ccc(NC(=O)c2cccc(S(=O)(=O)N(C)c3ccccc3)c2)c(OC)c1. The number of nitrogens with one attached hydrogen (secondary N) is 1. The molecule has 7 nitrogen and oxygen atoms in total. The summed E-state index contributed by atoms with van der Waals surface area (Å²) in [4.78, 5) is 12.8. The van der Waals surface area contributed by atoms with Crippen molar-refractivity contribution in [3.63, 3.8) is 0 Å². The lowest BCUT2D eigenvalue weighted by atomic mass is 10.2. The molecule has 0 bridgehead atoms. The van der Waals surface area contributed by atoms with Crippen molar-refractivity contribution in [3.8, 4) is 11.5 Å². The van der Waals surface area contributed by atoms with Gasteiger partial charge in [0.2, 0.25) is 0 Å². The third kappa shape index (κ3) is 4.38. The van der Waals surface area contributed by atoms with Crippen LogP contribution < -0.4 is 19.1 Å². The van der Waals surface area contributed by atoms with E-state index < -0.39 is 15.9 Å². The van der Waals surface area contributed by atoms with E-state index in [0.717, 1.165) is 0 Å². The van der Waals surface area contributed by atoms with Gasteiger partial charge in [-0.1, -0.05) is 24.3 Å². The van der Waals surface area contributed by atoms with E-state index in [1.807, 2.05) is 6.07 Å². The van der Waals surface area contributed by atoms with Crippen LogP contribution >= 0.6 is 0 Å². The number of para-hydroxylation sites is 1. The van der Waals surface area contributed by atoms with E-state index in [-0.39, 0.29) is 10.5 Å². The van der Waals surface area contributed by atoms with Crippen molar-refractivity contribution in [3.05, 3.63) is 78.4 Å². The lowest BCUT2D eigenvalue weighted by molar-refractivity contribution is 0.102. The fourth-order valence-electron chi connectivity index (χ4n) is 2.83. The summed E-state index contributed by atoms with van der Waals surface area (Å²) >= 11 is 0. The molecule has 0 unspecified atom stereocenters. The maximum atomic E-state index is 13.0. The zero-order chi connectivity index (χ0) is 21.7. The summed E-state index contributed by atoms with van der Waals surface area (Å²) < 4.78 is 37.6. The number of ether oxygens (including phenoxy) is 2. The normalized spacial score (nSPS) is 10.9. The van der Waals surface area contributed by atoms with Crippen LogP contribution in [-0.4, -0.2) is 35.6 Å². The summed E-state index contributed by atoms with van der Waals surface area (Å²) in [6, 6.07) is 19.6. The third-order valence-electron chi connectivity index (χ3n) is 4.53. The molecule has 3 aromatic carbocycles. The van der Waals surface area contributed by atoms with E-state index in [2.05, 4.69) is 5.32 Å². The predicted molar refractivity (Wildman–Crippen MR) is 116 cm³/mol. The van der Waals surface area contributed by atoms with Gasteiger partial charge in [0.25, 0.3) is 15.9 Å². The minimum Gasteiger partial charge on any atom is -0.497 e. The van der Waals surface area contributed by atoms with Gasteiger partial charge in [0, 0.05) is 18.7 Å². The molecular formula is C22H22N2O5S. The highest BCUT2D eigenvalue weighted by atomic mass is 32.2. The molecule has 3 aromatic rings. The van der Waals surface area contributed by atoms with E-state index in [1.165, 1.54) is 43.8 Å². The van der Waals surface area contributed by atoms with Crippen LogP contribution in [0.2, 0.25) is 0 Å². The molecule has 3 rings (SSSR count). The van der Waals surface area contributed by atoms with Crippen molar-refractivity contribution in [1.29, 1.82) is 0 Å². The van der Waals surface area contributed by atoms with E-state index in [9.17, 15) is 13.2 Å². The summed E-state index contributed by atoms with van der Waals surface area (Å²) in [5, 5.41) is 2.74. The van der Waals surface area contributed by atoms with E-state index in [0.29, 0.717) is 22.9 Å². The molecule has 0 radical (unpaired) electrons. The summed E-state index contributed by atoms with van der Waals surface area (Å²) in [7, 11) is 0.658. The van der Waals surface area contributed by atoms with Crippen molar-refractivity contribution < 1.29 is 22.7 Å². The van der Waals surface area contributed by atoms with Crippen molar-refractivity contribution in [2.24, 2.45) is 0 Å². The van der Waals surface area contributed by atoms with Crippen LogP contribution in [0.3, 0.4) is 0 Å². The Hall–Kier alpha value is -3.52. The Kier molecular flexibility index (Phi) is 6.27. The molecule has 0 aromatic heterocycles. The number of hydrogen-bond acceptors (Lipinski definition) is 5. The van der Waals surface area contributed by atoms with Gasteiger partial charge < -0.3 is 14.8 Å². The first-order valence-corrected chi connectivity index (χ1v) is 10.5. The summed E-state index contributed by atoms with van der Waals surface area (Å²) in [6.07, 6.45) is 0. The molecule has 0 spiro atoms. The molecule has 0 aliphatic heterocycles. The first-order chi connectivity index (χ1) is 14.4.